The third kappa shape index (κ3) is 3.24. The number of piperazine rings is 1. The Kier molecular flexibility index (Phi) is 4.55. The number of carbonyl (C=O) groups excluding carboxylic acids is 1. The summed E-state index contributed by atoms with van der Waals surface area (Å²) in [7, 11) is 0. The number of pyridine rings is 1. The number of rotatable bonds is 3. The first-order valence-corrected chi connectivity index (χ1v) is 10.4. The highest BCUT2D eigenvalue weighted by atomic mass is 32.1. The van der Waals surface area contributed by atoms with Crippen LogP contribution in [0.5, 0.6) is 0 Å². The number of fused-ring (bicyclic) bond motifs is 2. The molecular formula is C20H18N6O3S. The van der Waals surface area contributed by atoms with Crippen LogP contribution < -0.4 is 16.1 Å². The second kappa shape index (κ2) is 7.38. The topological polar surface area (TPSA) is 104 Å². The highest BCUT2D eigenvalue weighted by Gasteiger charge is 2.24. The molecule has 4 aromatic rings. The van der Waals surface area contributed by atoms with E-state index in [1.54, 1.807) is 35.4 Å². The second-order valence-corrected chi connectivity index (χ2v) is 8.01. The van der Waals surface area contributed by atoms with Crippen LogP contribution in [0.2, 0.25) is 0 Å². The van der Waals surface area contributed by atoms with Gasteiger partial charge in [0, 0.05) is 32.4 Å². The van der Waals surface area contributed by atoms with E-state index in [1.165, 1.54) is 11.3 Å². The number of nitrogens with zero attached hydrogens (tertiary/aromatic N) is 5. The van der Waals surface area contributed by atoms with Gasteiger partial charge in [-0.1, -0.05) is 23.5 Å². The van der Waals surface area contributed by atoms with Gasteiger partial charge in [-0.3, -0.25) is 14.2 Å². The molecule has 0 saturated carbocycles. The summed E-state index contributed by atoms with van der Waals surface area (Å²) in [6.07, 6.45) is 1.75. The van der Waals surface area contributed by atoms with Gasteiger partial charge in [0.25, 0.3) is 5.56 Å². The van der Waals surface area contributed by atoms with Crippen molar-refractivity contribution < 1.29 is 4.79 Å². The molecule has 5 rings (SSSR count). The SMILES string of the molecule is O=C(Cn1c(=O)[nH]c2ccccc2c1=O)N1CCN(c2nc3cccnc3s2)CC1. The minimum absolute atomic E-state index is 0.247. The summed E-state index contributed by atoms with van der Waals surface area (Å²) in [6, 6.07) is 10.6. The van der Waals surface area contributed by atoms with Gasteiger partial charge in [0.1, 0.15) is 16.9 Å². The van der Waals surface area contributed by atoms with Crippen molar-refractivity contribution in [3.05, 3.63) is 63.4 Å². The fourth-order valence-corrected chi connectivity index (χ4v) is 4.58. The summed E-state index contributed by atoms with van der Waals surface area (Å²) in [4.78, 5) is 54.0. The number of anilines is 1. The van der Waals surface area contributed by atoms with Crippen molar-refractivity contribution in [3.8, 4) is 0 Å². The molecule has 0 radical (unpaired) electrons. The monoisotopic (exact) mass is 422 g/mol. The van der Waals surface area contributed by atoms with Crippen LogP contribution >= 0.6 is 11.3 Å². The van der Waals surface area contributed by atoms with Gasteiger partial charge >= 0.3 is 5.69 Å². The zero-order valence-corrected chi connectivity index (χ0v) is 16.8. The van der Waals surface area contributed by atoms with Crippen LogP contribution in [0.3, 0.4) is 0 Å². The minimum atomic E-state index is -0.576. The number of hydrogen-bond acceptors (Lipinski definition) is 7. The normalized spacial score (nSPS) is 14.5. The van der Waals surface area contributed by atoms with Gasteiger partial charge in [-0.15, -0.1) is 0 Å². The molecule has 0 unspecified atom stereocenters. The first-order valence-electron chi connectivity index (χ1n) is 9.56. The average Bonchev–Trinajstić information content (AvgIpc) is 3.21. The molecule has 30 heavy (non-hydrogen) atoms. The van der Waals surface area contributed by atoms with Crippen molar-refractivity contribution in [1.82, 2.24) is 24.4 Å². The molecule has 10 heteroatoms. The lowest BCUT2D eigenvalue weighted by atomic mass is 10.2. The molecule has 1 amide bonds. The summed E-state index contributed by atoms with van der Waals surface area (Å²) >= 11 is 1.53. The number of amides is 1. The molecule has 4 heterocycles. The number of carbonyl (C=O) groups is 1. The Bertz CT molecular complexity index is 1330. The predicted octanol–water partition coefficient (Wildman–Crippen LogP) is 1.04. The van der Waals surface area contributed by atoms with E-state index in [-0.39, 0.29) is 12.5 Å². The standard InChI is InChI=1S/C20H18N6O3S/c27-16(12-26-18(28)13-4-1-2-5-14(13)22-19(26)29)24-8-10-25(11-9-24)20-23-15-6-3-7-21-17(15)30-20/h1-7H,8-12H2,(H,22,29). The molecule has 1 fully saturated rings. The van der Waals surface area contributed by atoms with E-state index in [2.05, 4.69) is 19.9 Å². The van der Waals surface area contributed by atoms with Gasteiger partial charge in [-0.2, -0.15) is 0 Å². The van der Waals surface area contributed by atoms with Crippen molar-refractivity contribution in [2.24, 2.45) is 0 Å². The first kappa shape index (κ1) is 18.5. The molecule has 3 aromatic heterocycles. The van der Waals surface area contributed by atoms with Crippen LogP contribution in [-0.4, -0.2) is 56.5 Å². The quantitative estimate of drug-likeness (QED) is 0.529. The highest BCUT2D eigenvalue weighted by molar-refractivity contribution is 7.21. The van der Waals surface area contributed by atoms with E-state index in [1.807, 2.05) is 12.1 Å². The Balaban J connectivity index is 1.30. The van der Waals surface area contributed by atoms with Crippen LogP contribution in [0.1, 0.15) is 0 Å². The highest BCUT2D eigenvalue weighted by Crippen LogP contribution is 2.27. The molecular weight excluding hydrogens is 404 g/mol. The summed E-state index contributed by atoms with van der Waals surface area (Å²) in [6.45, 7) is 2.00. The van der Waals surface area contributed by atoms with Gasteiger partial charge in [0.05, 0.1) is 10.9 Å². The largest absolute Gasteiger partial charge is 0.344 e. The molecule has 0 atom stereocenters. The van der Waals surface area contributed by atoms with Gasteiger partial charge in [-0.05, 0) is 24.3 Å². The fraction of sp³-hybridized carbons (Fsp3) is 0.250. The minimum Gasteiger partial charge on any atom is -0.344 e. The first-order chi connectivity index (χ1) is 14.6. The predicted molar refractivity (Wildman–Crippen MR) is 115 cm³/mol. The van der Waals surface area contributed by atoms with E-state index in [0.717, 1.165) is 20.0 Å². The Hall–Kier alpha value is -3.53. The van der Waals surface area contributed by atoms with Gasteiger partial charge in [-0.25, -0.2) is 14.8 Å². The lowest BCUT2D eigenvalue weighted by molar-refractivity contribution is -0.132. The maximum absolute atomic E-state index is 12.8. The molecule has 9 nitrogen and oxygen atoms in total. The number of hydrogen-bond donors (Lipinski definition) is 1. The van der Waals surface area contributed by atoms with E-state index in [4.69, 9.17) is 0 Å². The summed E-state index contributed by atoms with van der Waals surface area (Å²) in [5.41, 5.74) is 0.303. The van der Waals surface area contributed by atoms with Crippen molar-refractivity contribution in [3.63, 3.8) is 0 Å². The number of nitrogens with one attached hydrogen (secondary N) is 1. The van der Waals surface area contributed by atoms with Crippen molar-refractivity contribution in [2.75, 3.05) is 31.1 Å². The van der Waals surface area contributed by atoms with Crippen molar-refractivity contribution in [1.29, 1.82) is 0 Å². The van der Waals surface area contributed by atoms with Gasteiger partial charge < -0.3 is 14.8 Å². The van der Waals surface area contributed by atoms with E-state index in [0.29, 0.717) is 37.1 Å². The molecule has 152 valence electrons. The van der Waals surface area contributed by atoms with Crippen LogP contribution in [-0.2, 0) is 11.3 Å². The number of H-pyrrole nitrogens is 1. The molecule has 1 saturated heterocycles. The maximum atomic E-state index is 12.8. The fourth-order valence-electron chi connectivity index (χ4n) is 3.62. The smallest absolute Gasteiger partial charge is 0.329 e. The van der Waals surface area contributed by atoms with Crippen LogP contribution in [0.25, 0.3) is 21.3 Å². The lowest BCUT2D eigenvalue weighted by Crippen LogP contribution is -2.51. The molecule has 0 aliphatic carbocycles. The third-order valence-electron chi connectivity index (χ3n) is 5.24. The average molecular weight is 422 g/mol. The number of para-hydroxylation sites is 1. The Morgan fingerprint density at radius 1 is 1.07 bits per heavy atom. The van der Waals surface area contributed by atoms with E-state index < -0.39 is 11.2 Å². The number of aromatic nitrogens is 4. The molecule has 1 aliphatic heterocycles. The zero-order chi connectivity index (χ0) is 20.7. The number of thiazole rings is 1. The van der Waals surface area contributed by atoms with Crippen molar-refractivity contribution >= 4 is 43.6 Å². The van der Waals surface area contributed by atoms with Crippen molar-refractivity contribution in [2.45, 2.75) is 6.54 Å². The van der Waals surface area contributed by atoms with Crippen LogP contribution in [0.15, 0.2) is 52.2 Å². The second-order valence-electron chi connectivity index (χ2n) is 7.06. The molecule has 0 spiro atoms. The number of aromatic amines is 1. The Labute approximate surface area is 174 Å². The third-order valence-corrected chi connectivity index (χ3v) is 6.28. The van der Waals surface area contributed by atoms with Gasteiger partial charge in [0.15, 0.2) is 5.13 Å². The summed E-state index contributed by atoms with van der Waals surface area (Å²) < 4.78 is 0.969. The Morgan fingerprint density at radius 3 is 2.67 bits per heavy atom. The zero-order valence-electron chi connectivity index (χ0n) is 15.9. The summed E-state index contributed by atoms with van der Waals surface area (Å²) in [5.74, 6) is -0.247. The van der Waals surface area contributed by atoms with Crippen LogP contribution in [0.4, 0.5) is 5.13 Å². The van der Waals surface area contributed by atoms with Crippen LogP contribution in [0, 0.1) is 0 Å². The molecule has 1 aromatic carbocycles. The van der Waals surface area contributed by atoms with E-state index >= 15 is 0 Å². The van der Waals surface area contributed by atoms with E-state index in [9.17, 15) is 14.4 Å². The molecule has 1 aliphatic rings. The number of benzene rings is 1. The lowest BCUT2D eigenvalue weighted by Gasteiger charge is -2.34. The molecule has 0 bridgehead atoms. The van der Waals surface area contributed by atoms with Gasteiger partial charge in [0.2, 0.25) is 5.91 Å². The maximum Gasteiger partial charge on any atom is 0.329 e. The molecule has 1 N–H and O–H groups in total. The summed E-state index contributed by atoms with van der Waals surface area (Å²) in [5, 5.41) is 1.28. The Morgan fingerprint density at radius 2 is 1.87 bits per heavy atom.